The fourth-order valence-electron chi connectivity index (χ4n) is 9.72. The lowest BCUT2D eigenvalue weighted by Crippen LogP contribution is -2.45. The lowest BCUT2D eigenvalue weighted by molar-refractivity contribution is -0.870. The third-order valence-corrected chi connectivity index (χ3v) is 16.1. The average molecular weight is 1200 g/mol. The first-order valence-electron chi connectivity index (χ1n) is 35.1. The van der Waals surface area contributed by atoms with E-state index in [-0.39, 0.29) is 19.1 Å². The lowest BCUT2D eigenvalue weighted by Gasteiger charge is -2.25. The summed E-state index contributed by atoms with van der Waals surface area (Å²) in [6.07, 6.45) is 98.7. The van der Waals surface area contributed by atoms with Gasteiger partial charge in [0.15, 0.2) is 0 Å². The quantitative estimate of drug-likeness (QED) is 0.0243. The molecule has 488 valence electrons. The number of rotatable bonds is 63. The van der Waals surface area contributed by atoms with E-state index in [4.69, 9.17) is 9.05 Å². The van der Waals surface area contributed by atoms with Gasteiger partial charge in [0.25, 0.3) is 0 Å². The van der Waals surface area contributed by atoms with Crippen molar-refractivity contribution in [2.75, 3.05) is 40.9 Å². The van der Waals surface area contributed by atoms with Crippen LogP contribution in [0.2, 0.25) is 0 Å². The second kappa shape index (κ2) is 65.1. The summed E-state index contributed by atoms with van der Waals surface area (Å²) in [7, 11) is 1.55. The van der Waals surface area contributed by atoms with E-state index in [9.17, 15) is 19.4 Å². The first kappa shape index (κ1) is 81.6. The predicted molar refractivity (Wildman–Crippen MR) is 373 cm³/mol. The van der Waals surface area contributed by atoms with Gasteiger partial charge in [-0.2, -0.15) is 0 Å². The first-order chi connectivity index (χ1) is 41.5. The molecule has 3 unspecified atom stereocenters. The van der Waals surface area contributed by atoms with Crippen LogP contribution >= 0.6 is 7.82 Å². The second-order valence-corrected chi connectivity index (χ2v) is 26.0. The molecule has 0 aliphatic carbocycles. The Balaban J connectivity index is 4.18. The van der Waals surface area contributed by atoms with Crippen molar-refractivity contribution < 1.29 is 32.9 Å². The molecule has 0 aromatic carbocycles. The minimum atomic E-state index is -4.37. The van der Waals surface area contributed by atoms with Crippen LogP contribution < -0.4 is 5.32 Å². The van der Waals surface area contributed by atoms with Crippen molar-refractivity contribution in [1.29, 1.82) is 0 Å². The molecule has 0 saturated carbocycles. The Morgan fingerprint density at radius 2 is 0.706 bits per heavy atom. The number of allylic oxidation sites excluding steroid dienone is 21. The highest BCUT2D eigenvalue weighted by Gasteiger charge is 2.28. The summed E-state index contributed by atoms with van der Waals surface area (Å²) in [6, 6.07) is -0.866. The van der Waals surface area contributed by atoms with Crippen LogP contribution in [0.1, 0.15) is 290 Å². The number of nitrogens with one attached hydrogen (secondary N) is 1. The van der Waals surface area contributed by atoms with Gasteiger partial charge in [-0.25, -0.2) is 4.57 Å². The molecule has 0 rings (SSSR count). The standard InChI is InChI=1S/C76H133N2O6P/c1-6-8-10-12-14-16-18-20-22-24-26-28-30-32-34-35-36-37-38-39-40-41-42-43-44-46-48-50-52-54-56-58-60-62-64-66-68-70-76(80)77-74(73-84-85(81,82)83-72-71-78(3,4)5)75(79)69-67-65-63-61-59-57-55-53-51-49-47-45-33-31-29-27-25-23-21-19-17-15-13-11-9-7-2/h8,10,14,16,20,22,26,28,32,34,36-37,39-40,42-43,46,48,52,54,67,69,74-75,79H,6-7,9,11-13,15,17-19,21,23-25,27,29-31,33,35,38,41,44-45,47,49-51,53,55-66,68,70-73H2,1-5H3,(H-,77,80,81,82)/p+1/b10-8-,16-14-,22-20-,28-26-,34-32-,37-36-,40-39-,43-42-,48-46-,54-52-,69-67+. The number of likely N-dealkylation sites (N-methyl/N-ethyl adjacent to an activating group) is 1. The Kier molecular flexibility index (Phi) is 62.5. The number of aliphatic hydroxyl groups excluding tert-OH is 1. The molecule has 0 fully saturated rings. The number of carbonyl (C=O) groups excluding carboxylic acids is 1. The number of nitrogens with zero attached hydrogens (tertiary/aromatic N) is 1. The van der Waals surface area contributed by atoms with E-state index in [1.54, 1.807) is 6.08 Å². The topological polar surface area (TPSA) is 105 Å². The van der Waals surface area contributed by atoms with E-state index in [2.05, 4.69) is 141 Å². The smallest absolute Gasteiger partial charge is 0.387 e. The van der Waals surface area contributed by atoms with Crippen LogP contribution in [0, 0.1) is 0 Å². The number of unbranched alkanes of at least 4 members (excludes halogenated alkanes) is 30. The zero-order valence-corrected chi connectivity index (χ0v) is 56.7. The maximum atomic E-state index is 13.1. The molecule has 1 amide bonds. The van der Waals surface area contributed by atoms with Crippen molar-refractivity contribution in [3.05, 3.63) is 134 Å². The second-order valence-electron chi connectivity index (χ2n) is 24.5. The van der Waals surface area contributed by atoms with E-state index in [0.29, 0.717) is 17.4 Å². The molecular formula is C76H134N2O6P+. The maximum absolute atomic E-state index is 13.1. The van der Waals surface area contributed by atoms with Crippen LogP contribution in [0.25, 0.3) is 0 Å². The minimum absolute atomic E-state index is 0.0520. The van der Waals surface area contributed by atoms with E-state index in [1.807, 2.05) is 27.2 Å². The van der Waals surface area contributed by atoms with Crippen LogP contribution in [0.4, 0.5) is 0 Å². The highest BCUT2D eigenvalue weighted by Crippen LogP contribution is 2.43. The van der Waals surface area contributed by atoms with Crippen LogP contribution in [0.15, 0.2) is 134 Å². The number of carbonyl (C=O) groups is 1. The first-order valence-corrected chi connectivity index (χ1v) is 36.6. The monoisotopic (exact) mass is 1200 g/mol. The van der Waals surface area contributed by atoms with Gasteiger partial charge in [0.2, 0.25) is 5.91 Å². The summed E-state index contributed by atoms with van der Waals surface area (Å²) >= 11 is 0. The molecule has 85 heavy (non-hydrogen) atoms. The zero-order valence-electron chi connectivity index (χ0n) is 55.8. The van der Waals surface area contributed by atoms with E-state index >= 15 is 0 Å². The SMILES string of the molecule is CC/C=C\C/C=C\C/C=C\C/C=C\C/C=C\C/C=C\C/C=C\C/C=C\C/C=C\C/C=C\CCCCCCCCC(=O)NC(COP(=O)(O)OCC[N+](C)(C)C)C(O)/C=C/CCCCCCCCCCCCCCCCCCCCCCCCCC. The highest BCUT2D eigenvalue weighted by molar-refractivity contribution is 7.47. The Bertz CT molecular complexity index is 1850. The van der Waals surface area contributed by atoms with Gasteiger partial charge in [-0.1, -0.05) is 321 Å². The summed E-state index contributed by atoms with van der Waals surface area (Å²) in [4.78, 5) is 23.4. The van der Waals surface area contributed by atoms with Crippen LogP contribution in [-0.2, 0) is 18.4 Å². The molecule has 0 aromatic heterocycles. The maximum Gasteiger partial charge on any atom is 0.472 e. The average Bonchev–Trinajstić information content (AvgIpc) is 3.49. The predicted octanol–water partition coefficient (Wildman–Crippen LogP) is 22.6. The van der Waals surface area contributed by atoms with Gasteiger partial charge in [0.1, 0.15) is 13.2 Å². The third-order valence-electron chi connectivity index (χ3n) is 15.1. The molecule has 8 nitrogen and oxygen atoms in total. The van der Waals surface area contributed by atoms with Crippen molar-refractivity contribution in [2.24, 2.45) is 0 Å². The summed E-state index contributed by atoms with van der Waals surface area (Å²) in [5.74, 6) is -0.194. The summed E-state index contributed by atoms with van der Waals surface area (Å²) in [5.41, 5.74) is 0. The molecule has 3 N–H and O–H groups in total. The molecule has 9 heteroatoms. The summed E-state index contributed by atoms with van der Waals surface area (Å²) < 4.78 is 23.8. The summed E-state index contributed by atoms with van der Waals surface area (Å²) in [6.45, 7) is 4.71. The Morgan fingerprint density at radius 3 is 1.04 bits per heavy atom. The molecule has 0 aliphatic rings. The Morgan fingerprint density at radius 1 is 0.412 bits per heavy atom. The molecule has 0 bridgehead atoms. The number of aliphatic hydroxyl groups is 1. The number of quaternary nitrogens is 1. The number of amides is 1. The van der Waals surface area contributed by atoms with Gasteiger partial charge in [0.05, 0.1) is 39.9 Å². The lowest BCUT2D eigenvalue weighted by atomic mass is 10.0. The van der Waals surface area contributed by atoms with Crippen LogP contribution in [-0.4, -0.2) is 73.4 Å². The molecule has 3 atom stereocenters. The van der Waals surface area contributed by atoms with Crippen molar-refractivity contribution in [1.82, 2.24) is 5.32 Å². The molecule has 0 aliphatic heterocycles. The van der Waals surface area contributed by atoms with Crippen LogP contribution in [0.5, 0.6) is 0 Å². The van der Waals surface area contributed by atoms with Gasteiger partial charge in [-0.15, -0.1) is 0 Å². The van der Waals surface area contributed by atoms with Crippen molar-refractivity contribution >= 4 is 13.7 Å². The fourth-order valence-corrected chi connectivity index (χ4v) is 10.5. The fraction of sp³-hybridized carbons (Fsp3) is 0.697. The molecule has 0 saturated heterocycles. The third kappa shape index (κ3) is 68.0. The van der Waals surface area contributed by atoms with Crippen molar-refractivity contribution in [3.8, 4) is 0 Å². The number of phosphoric acid groups is 1. The minimum Gasteiger partial charge on any atom is -0.387 e. The number of phosphoric ester groups is 1. The molecule has 0 spiro atoms. The largest absolute Gasteiger partial charge is 0.472 e. The van der Waals surface area contributed by atoms with Crippen molar-refractivity contribution in [3.63, 3.8) is 0 Å². The van der Waals surface area contributed by atoms with Gasteiger partial charge in [0, 0.05) is 6.42 Å². The molecule has 0 heterocycles. The Labute approximate surface area is 526 Å². The zero-order chi connectivity index (χ0) is 61.9. The Hall–Kier alpha value is -3.36. The van der Waals surface area contributed by atoms with Gasteiger partial charge in [-0.05, 0) is 96.3 Å². The normalized spacial score (nSPS) is 14.5. The molecule has 0 radical (unpaired) electrons. The van der Waals surface area contributed by atoms with Gasteiger partial charge < -0.3 is 19.8 Å². The van der Waals surface area contributed by atoms with Crippen LogP contribution in [0.3, 0.4) is 0 Å². The van der Waals surface area contributed by atoms with E-state index in [0.717, 1.165) is 122 Å². The van der Waals surface area contributed by atoms with Crippen molar-refractivity contribution in [2.45, 2.75) is 302 Å². The number of hydrogen-bond donors (Lipinski definition) is 3. The summed E-state index contributed by atoms with van der Waals surface area (Å²) in [5, 5.41) is 14.0. The van der Waals surface area contributed by atoms with E-state index in [1.165, 1.54) is 148 Å². The molecular weight excluding hydrogens is 1070 g/mol. The molecule has 0 aromatic rings. The number of hydrogen-bond acceptors (Lipinski definition) is 5. The highest BCUT2D eigenvalue weighted by atomic mass is 31.2. The van der Waals surface area contributed by atoms with Gasteiger partial charge >= 0.3 is 7.82 Å². The van der Waals surface area contributed by atoms with E-state index < -0.39 is 20.0 Å². The van der Waals surface area contributed by atoms with Gasteiger partial charge in [-0.3, -0.25) is 13.8 Å².